The normalized spacial score (nSPS) is 11.0. The van der Waals surface area contributed by atoms with E-state index in [9.17, 15) is 0 Å². The van der Waals surface area contributed by atoms with Gasteiger partial charge < -0.3 is 0 Å². The molecule has 1 heterocycles. The van der Waals surface area contributed by atoms with Crippen molar-refractivity contribution < 1.29 is 0 Å². The number of hydrogen-bond acceptors (Lipinski definition) is 4. The Labute approximate surface area is 151 Å². The smallest absolute Gasteiger partial charge is 0.203 e. The minimum atomic E-state index is 0.727. The van der Waals surface area contributed by atoms with Crippen LogP contribution in [0.4, 0.5) is 5.13 Å². The van der Waals surface area contributed by atoms with Crippen LogP contribution in [0, 0.1) is 3.57 Å². The molecule has 1 aromatic heterocycles. The van der Waals surface area contributed by atoms with Crippen molar-refractivity contribution in [2.45, 2.75) is 0 Å². The average molecular weight is 440 g/mol. The van der Waals surface area contributed by atoms with Gasteiger partial charge in [-0.2, -0.15) is 5.10 Å². The SMILES string of the molecule is Clc1cccc(C=NNc2nc(-c3ccccc3)cs2)c1I. The van der Waals surface area contributed by atoms with Gasteiger partial charge in [-0.15, -0.1) is 11.3 Å². The van der Waals surface area contributed by atoms with Crippen LogP contribution in [0.1, 0.15) is 5.56 Å². The molecule has 3 rings (SSSR count). The second-order valence-corrected chi connectivity index (χ2v) is 6.76. The number of anilines is 1. The first kappa shape index (κ1) is 15.5. The predicted molar refractivity (Wildman–Crippen MR) is 103 cm³/mol. The number of hydrazone groups is 1. The van der Waals surface area contributed by atoms with Crippen molar-refractivity contribution in [3.63, 3.8) is 0 Å². The van der Waals surface area contributed by atoms with Crippen molar-refractivity contribution in [3.05, 3.63) is 68.1 Å². The van der Waals surface area contributed by atoms with Crippen LogP contribution in [-0.4, -0.2) is 11.2 Å². The molecule has 0 bridgehead atoms. The van der Waals surface area contributed by atoms with Crippen LogP contribution < -0.4 is 5.43 Å². The maximum atomic E-state index is 6.08. The number of rotatable bonds is 4. The van der Waals surface area contributed by atoms with E-state index in [1.165, 1.54) is 11.3 Å². The summed E-state index contributed by atoms with van der Waals surface area (Å²) < 4.78 is 0.983. The molecule has 6 heteroatoms. The lowest BCUT2D eigenvalue weighted by molar-refractivity contribution is 1.29. The molecule has 0 saturated carbocycles. The van der Waals surface area contributed by atoms with E-state index in [-0.39, 0.29) is 0 Å². The number of thiazole rings is 1. The fraction of sp³-hybridized carbons (Fsp3) is 0. The summed E-state index contributed by atoms with van der Waals surface area (Å²) in [5.41, 5.74) is 5.98. The molecule has 3 nitrogen and oxygen atoms in total. The van der Waals surface area contributed by atoms with E-state index in [1.807, 2.05) is 53.9 Å². The van der Waals surface area contributed by atoms with Crippen molar-refractivity contribution in [2.75, 3.05) is 5.43 Å². The fourth-order valence-electron chi connectivity index (χ4n) is 1.84. The van der Waals surface area contributed by atoms with Crippen LogP contribution in [0.5, 0.6) is 0 Å². The van der Waals surface area contributed by atoms with Crippen LogP contribution in [0.25, 0.3) is 11.3 Å². The van der Waals surface area contributed by atoms with Gasteiger partial charge in [0, 0.05) is 20.1 Å². The predicted octanol–water partition coefficient (Wildman–Crippen LogP) is 5.51. The highest BCUT2D eigenvalue weighted by Crippen LogP contribution is 2.24. The minimum Gasteiger partial charge on any atom is -0.253 e. The quantitative estimate of drug-likeness (QED) is 0.330. The topological polar surface area (TPSA) is 37.3 Å². The van der Waals surface area contributed by atoms with Gasteiger partial charge in [0.15, 0.2) is 0 Å². The van der Waals surface area contributed by atoms with Gasteiger partial charge in [0.25, 0.3) is 0 Å². The van der Waals surface area contributed by atoms with Crippen molar-refractivity contribution in [3.8, 4) is 11.3 Å². The van der Waals surface area contributed by atoms with Crippen LogP contribution >= 0.6 is 45.5 Å². The van der Waals surface area contributed by atoms with E-state index >= 15 is 0 Å². The second kappa shape index (κ2) is 7.21. The molecule has 3 aromatic rings. The molecular formula is C16H11ClIN3S. The molecule has 110 valence electrons. The maximum absolute atomic E-state index is 6.08. The van der Waals surface area contributed by atoms with Gasteiger partial charge in [-0.05, 0) is 28.7 Å². The number of benzene rings is 2. The first-order valence-electron chi connectivity index (χ1n) is 6.48. The Balaban J connectivity index is 1.71. The van der Waals surface area contributed by atoms with E-state index < -0.39 is 0 Å². The zero-order chi connectivity index (χ0) is 15.4. The summed E-state index contributed by atoms with van der Waals surface area (Å²) in [5, 5.41) is 7.72. The van der Waals surface area contributed by atoms with Gasteiger partial charge in [-0.1, -0.05) is 54.1 Å². The van der Waals surface area contributed by atoms with Gasteiger partial charge >= 0.3 is 0 Å². The molecule has 0 radical (unpaired) electrons. The van der Waals surface area contributed by atoms with Crippen LogP contribution in [-0.2, 0) is 0 Å². The summed E-state index contributed by atoms with van der Waals surface area (Å²) >= 11 is 9.81. The first-order chi connectivity index (χ1) is 10.7. The van der Waals surface area contributed by atoms with Crippen molar-refractivity contribution >= 4 is 56.9 Å². The van der Waals surface area contributed by atoms with Gasteiger partial charge in [-0.3, -0.25) is 5.43 Å². The Morgan fingerprint density at radius 1 is 1.14 bits per heavy atom. The summed E-state index contributed by atoms with van der Waals surface area (Å²) in [4.78, 5) is 4.52. The Morgan fingerprint density at radius 3 is 2.77 bits per heavy atom. The summed E-state index contributed by atoms with van der Waals surface area (Å²) in [6, 6.07) is 15.8. The van der Waals surface area contributed by atoms with E-state index in [1.54, 1.807) is 6.21 Å². The van der Waals surface area contributed by atoms with Gasteiger partial charge in [0.1, 0.15) is 0 Å². The molecule has 0 amide bonds. The number of hydrogen-bond donors (Lipinski definition) is 1. The Hall–Kier alpha value is -1.44. The first-order valence-corrected chi connectivity index (χ1v) is 8.82. The molecule has 0 unspecified atom stereocenters. The largest absolute Gasteiger partial charge is 0.253 e. The molecule has 1 N–H and O–H groups in total. The summed E-state index contributed by atoms with van der Waals surface area (Å²) in [7, 11) is 0. The number of nitrogens with one attached hydrogen (secondary N) is 1. The second-order valence-electron chi connectivity index (χ2n) is 4.42. The monoisotopic (exact) mass is 439 g/mol. The Bertz CT molecular complexity index is 802. The maximum Gasteiger partial charge on any atom is 0.203 e. The summed E-state index contributed by atoms with van der Waals surface area (Å²) in [5.74, 6) is 0. The molecule has 0 aliphatic heterocycles. The molecule has 0 fully saturated rings. The molecule has 22 heavy (non-hydrogen) atoms. The third-order valence-electron chi connectivity index (χ3n) is 2.92. The minimum absolute atomic E-state index is 0.727. The lowest BCUT2D eigenvalue weighted by Crippen LogP contribution is -1.92. The highest BCUT2D eigenvalue weighted by molar-refractivity contribution is 14.1. The molecule has 0 saturated heterocycles. The van der Waals surface area contributed by atoms with Crippen molar-refractivity contribution in [1.82, 2.24) is 4.98 Å². The molecular weight excluding hydrogens is 429 g/mol. The molecule has 0 spiro atoms. The zero-order valence-corrected chi connectivity index (χ0v) is 15.1. The fourth-order valence-corrected chi connectivity index (χ4v) is 3.19. The van der Waals surface area contributed by atoms with Crippen molar-refractivity contribution in [2.24, 2.45) is 5.10 Å². The molecule has 2 aromatic carbocycles. The lowest BCUT2D eigenvalue weighted by atomic mass is 10.2. The van der Waals surface area contributed by atoms with E-state index in [4.69, 9.17) is 11.6 Å². The van der Waals surface area contributed by atoms with Gasteiger partial charge in [0.2, 0.25) is 5.13 Å². The molecule has 0 aliphatic rings. The van der Waals surface area contributed by atoms with E-state index in [0.717, 1.165) is 30.5 Å². The van der Waals surface area contributed by atoms with Gasteiger partial charge in [0.05, 0.1) is 16.9 Å². The standard InChI is InChI=1S/C16H11ClIN3S/c17-13-8-4-7-12(15(13)18)9-19-21-16-20-14(10-22-16)11-5-2-1-3-6-11/h1-10H,(H,20,21). The Morgan fingerprint density at radius 2 is 1.95 bits per heavy atom. The average Bonchev–Trinajstić information content (AvgIpc) is 3.01. The van der Waals surface area contributed by atoms with Crippen LogP contribution in [0.15, 0.2) is 59.0 Å². The number of aromatic nitrogens is 1. The van der Waals surface area contributed by atoms with E-state index in [0.29, 0.717) is 0 Å². The highest BCUT2D eigenvalue weighted by Gasteiger charge is 2.03. The summed E-state index contributed by atoms with van der Waals surface area (Å²) in [6.07, 6.45) is 1.75. The van der Waals surface area contributed by atoms with E-state index in [2.05, 4.69) is 38.1 Å². The zero-order valence-electron chi connectivity index (χ0n) is 11.3. The Kier molecular flexibility index (Phi) is 5.07. The number of nitrogens with zero attached hydrogens (tertiary/aromatic N) is 2. The lowest BCUT2D eigenvalue weighted by Gasteiger charge is -2.00. The summed E-state index contributed by atoms with van der Waals surface area (Å²) in [6.45, 7) is 0. The molecule has 0 atom stereocenters. The third-order valence-corrected chi connectivity index (χ3v) is 5.50. The van der Waals surface area contributed by atoms with Crippen LogP contribution in [0.3, 0.4) is 0 Å². The van der Waals surface area contributed by atoms with Crippen LogP contribution in [0.2, 0.25) is 5.02 Å². The number of halogens is 2. The highest BCUT2D eigenvalue weighted by atomic mass is 127. The molecule has 0 aliphatic carbocycles. The third kappa shape index (κ3) is 3.66. The van der Waals surface area contributed by atoms with Gasteiger partial charge in [-0.25, -0.2) is 4.98 Å². The van der Waals surface area contributed by atoms with Crippen molar-refractivity contribution in [1.29, 1.82) is 0 Å².